The highest BCUT2D eigenvalue weighted by Crippen LogP contribution is 2.31. The Bertz CT molecular complexity index is 1500. The summed E-state index contributed by atoms with van der Waals surface area (Å²) in [6.45, 7) is 1.07. The first-order valence-corrected chi connectivity index (χ1v) is 14.3. The molecule has 36 heavy (non-hydrogen) atoms. The van der Waals surface area contributed by atoms with Crippen LogP contribution in [0.5, 0.6) is 0 Å². The molecule has 1 saturated heterocycles. The van der Waals surface area contributed by atoms with Crippen molar-refractivity contribution in [2.75, 3.05) is 18.8 Å². The van der Waals surface area contributed by atoms with E-state index in [-0.39, 0.29) is 16.4 Å². The largest absolute Gasteiger partial charge is 0.293 e. The van der Waals surface area contributed by atoms with Gasteiger partial charge in [0.1, 0.15) is 0 Å². The molecule has 1 aliphatic rings. The van der Waals surface area contributed by atoms with Gasteiger partial charge in [0.2, 0.25) is 10.0 Å². The molecular weight excluding hydrogens is 516 g/mol. The van der Waals surface area contributed by atoms with Crippen LogP contribution >= 0.6 is 23.4 Å². The Labute approximate surface area is 219 Å². The molecule has 0 radical (unpaired) electrons. The number of carbonyl (C=O) groups is 1. The number of Topliss-reactive ketones (excluding diaryl/α,β-unsaturated/α-hetero) is 1. The third-order valence-corrected chi connectivity index (χ3v) is 8.98. The smallest absolute Gasteiger partial charge is 0.243 e. The summed E-state index contributed by atoms with van der Waals surface area (Å²) in [4.78, 5) is 13.0. The molecule has 10 heteroatoms. The quantitative estimate of drug-likeness (QED) is 0.222. The summed E-state index contributed by atoms with van der Waals surface area (Å²) in [6, 6.07) is 23.2. The maximum absolute atomic E-state index is 13.1. The number of para-hydroxylation sites is 1. The Kier molecular flexibility index (Phi) is 7.25. The Hall–Kier alpha value is -2.98. The number of nitrogens with zero attached hydrogens (tertiary/aromatic N) is 4. The molecule has 0 spiro atoms. The highest BCUT2D eigenvalue weighted by atomic mass is 35.5. The van der Waals surface area contributed by atoms with Gasteiger partial charge in [-0.05, 0) is 49.2 Å². The van der Waals surface area contributed by atoms with E-state index in [1.54, 1.807) is 42.5 Å². The molecule has 1 fully saturated rings. The topological polar surface area (TPSA) is 85.2 Å². The summed E-state index contributed by atoms with van der Waals surface area (Å²) in [7, 11) is -3.58. The van der Waals surface area contributed by atoms with Crippen molar-refractivity contribution in [3.05, 3.63) is 89.4 Å². The zero-order valence-electron chi connectivity index (χ0n) is 19.2. The minimum Gasteiger partial charge on any atom is -0.293 e. The summed E-state index contributed by atoms with van der Waals surface area (Å²) in [6.07, 6.45) is 1.74. The van der Waals surface area contributed by atoms with E-state index in [1.165, 1.54) is 16.1 Å². The van der Waals surface area contributed by atoms with Crippen molar-refractivity contribution in [2.45, 2.75) is 22.9 Å². The van der Waals surface area contributed by atoms with Crippen molar-refractivity contribution in [2.24, 2.45) is 0 Å². The molecule has 0 unspecified atom stereocenters. The highest BCUT2D eigenvalue weighted by Gasteiger charge is 2.28. The number of carbonyl (C=O) groups excluding carboxylic acids is 1. The van der Waals surface area contributed by atoms with Gasteiger partial charge < -0.3 is 0 Å². The Morgan fingerprint density at radius 1 is 0.917 bits per heavy atom. The first-order valence-electron chi connectivity index (χ1n) is 11.5. The van der Waals surface area contributed by atoms with Crippen LogP contribution in [0.25, 0.3) is 17.1 Å². The van der Waals surface area contributed by atoms with Crippen LogP contribution in [0, 0.1) is 0 Å². The average molecular weight is 539 g/mol. The molecule has 3 aromatic carbocycles. The van der Waals surface area contributed by atoms with Crippen LogP contribution < -0.4 is 0 Å². The fourth-order valence-corrected chi connectivity index (χ4v) is 6.71. The zero-order valence-corrected chi connectivity index (χ0v) is 21.6. The van der Waals surface area contributed by atoms with Crippen molar-refractivity contribution < 1.29 is 13.2 Å². The zero-order chi connectivity index (χ0) is 25.1. The second kappa shape index (κ2) is 10.6. The fourth-order valence-electron chi connectivity index (χ4n) is 4.11. The molecule has 0 N–H and O–H groups in total. The summed E-state index contributed by atoms with van der Waals surface area (Å²) >= 11 is 7.30. The number of benzene rings is 3. The van der Waals surface area contributed by atoms with Crippen LogP contribution in [-0.2, 0) is 10.0 Å². The van der Waals surface area contributed by atoms with Crippen LogP contribution in [0.1, 0.15) is 23.2 Å². The van der Waals surface area contributed by atoms with E-state index in [0.29, 0.717) is 40.2 Å². The molecule has 5 rings (SSSR count). The van der Waals surface area contributed by atoms with Crippen molar-refractivity contribution in [3.8, 4) is 17.1 Å². The predicted molar refractivity (Wildman–Crippen MR) is 141 cm³/mol. The predicted octanol–water partition coefficient (Wildman–Crippen LogP) is 5.35. The highest BCUT2D eigenvalue weighted by molar-refractivity contribution is 7.99. The fraction of sp³-hybridized carbons (Fsp3) is 0.192. The number of sulfonamides is 1. The van der Waals surface area contributed by atoms with Crippen molar-refractivity contribution >= 4 is 39.2 Å². The van der Waals surface area contributed by atoms with Crippen molar-refractivity contribution in [3.63, 3.8) is 0 Å². The molecule has 4 aromatic rings. The van der Waals surface area contributed by atoms with Gasteiger partial charge in [-0.2, -0.15) is 4.31 Å². The summed E-state index contributed by atoms with van der Waals surface area (Å²) in [5, 5.41) is 9.79. The van der Waals surface area contributed by atoms with Gasteiger partial charge in [0.25, 0.3) is 0 Å². The van der Waals surface area contributed by atoms with E-state index in [9.17, 15) is 13.2 Å². The molecule has 184 valence electrons. The number of hydrogen-bond donors (Lipinski definition) is 0. The monoisotopic (exact) mass is 538 g/mol. The second-order valence-electron chi connectivity index (χ2n) is 8.34. The average Bonchev–Trinajstić information content (AvgIpc) is 3.59. The standard InChI is InChI=1S/C26H23ClN4O3S2/c27-21-10-6-8-19(16-21)24(32)18-35-26-29-28-25(31(26)22-11-2-1-3-12-22)20-9-7-13-23(17-20)36(33,34)30-14-4-5-15-30/h1-3,6-13,16-17H,4-5,14-15,18H2. The number of halogens is 1. The SMILES string of the molecule is O=C(CSc1nnc(-c2cccc(S(=O)(=O)N3CCCC3)c2)n1-c1ccccc1)c1cccc(Cl)c1. The summed E-state index contributed by atoms with van der Waals surface area (Å²) in [5.74, 6) is 0.567. The molecule has 1 aliphatic heterocycles. The van der Waals surface area contributed by atoms with Crippen LogP contribution in [-0.4, -0.2) is 52.1 Å². The van der Waals surface area contributed by atoms with Crippen LogP contribution in [0.2, 0.25) is 5.02 Å². The number of rotatable bonds is 8. The van der Waals surface area contributed by atoms with Crippen LogP contribution in [0.4, 0.5) is 0 Å². The lowest BCUT2D eigenvalue weighted by molar-refractivity contribution is 0.102. The van der Waals surface area contributed by atoms with E-state index >= 15 is 0 Å². The van der Waals surface area contributed by atoms with E-state index in [4.69, 9.17) is 11.6 Å². The lowest BCUT2D eigenvalue weighted by atomic mass is 10.1. The third-order valence-electron chi connectivity index (χ3n) is 5.92. The molecule has 0 amide bonds. The summed E-state index contributed by atoms with van der Waals surface area (Å²) < 4.78 is 29.7. The van der Waals surface area contributed by atoms with Gasteiger partial charge in [-0.1, -0.05) is 65.8 Å². The maximum atomic E-state index is 13.1. The van der Waals surface area contributed by atoms with Crippen LogP contribution in [0.3, 0.4) is 0 Å². The van der Waals surface area contributed by atoms with Crippen molar-refractivity contribution in [1.29, 1.82) is 0 Å². The molecule has 0 aliphatic carbocycles. The maximum Gasteiger partial charge on any atom is 0.243 e. The molecule has 1 aromatic heterocycles. The molecule has 0 bridgehead atoms. The van der Waals surface area contributed by atoms with E-state index in [2.05, 4.69) is 10.2 Å². The van der Waals surface area contributed by atoms with Crippen LogP contribution in [0.15, 0.2) is 88.9 Å². The van der Waals surface area contributed by atoms with E-state index < -0.39 is 10.0 Å². The van der Waals surface area contributed by atoms with Crippen molar-refractivity contribution in [1.82, 2.24) is 19.1 Å². The van der Waals surface area contributed by atoms with Gasteiger partial charge in [0.15, 0.2) is 16.8 Å². The normalized spacial score (nSPS) is 14.2. The number of thioether (sulfide) groups is 1. The molecule has 7 nitrogen and oxygen atoms in total. The van der Waals surface area contributed by atoms with Gasteiger partial charge in [0.05, 0.1) is 10.6 Å². The second-order valence-corrected chi connectivity index (χ2v) is 11.7. The lowest BCUT2D eigenvalue weighted by Crippen LogP contribution is -2.27. The Balaban J connectivity index is 1.49. The lowest BCUT2D eigenvalue weighted by Gasteiger charge is -2.16. The first kappa shape index (κ1) is 24.7. The van der Waals surface area contributed by atoms with E-state index in [1.807, 2.05) is 41.0 Å². The van der Waals surface area contributed by atoms with Gasteiger partial charge in [-0.25, -0.2) is 8.42 Å². The number of ketones is 1. The summed E-state index contributed by atoms with van der Waals surface area (Å²) in [5.41, 5.74) is 1.96. The van der Waals surface area contributed by atoms with E-state index in [0.717, 1.165) is 18.5 Å². The first-order chi connectivity index (χ1) is 17.4. The van der Waals surface area contributed by atoms with Gasteiger partial charge in [-0.3, -0.25) is 9.36 Å². The third kappa shape index (κ3) is 5.10. The minimum absolute atomic E-state index is 0.0784. The molecule has 0 atom stereocenters. The Morgan fingerprint density at radius 2 is 1.67 bits per heavy atom. The number of aromatic nitrogens is 3. The molecule has 0 saturated carbocycles. The van der Waals surface area contributed by atoms with Gasteiger partial charge in [0, 0.05) is 34.9 Å². The molecular formula is C26H23ClN4O3S2. The molecule has 2 heterocycles. The van der Waals surface area contributed by atoms with Gasteiger partial charge >= 0.3 is 0 Å². The number of hydrogen-bond acceptors (Lipinski definition) is 6. The Morgan fingerprint density at radius 3 is 2.42 bits per heavy atom. The van der Waals surface area contributed by atoms with Gasteiger partial charge in [-0.15, -0.1) is 10.2 Å². The minimum atomic E-state index is -3.58.